The normalized spacial score (nSPS) is 12.4. The first-order valence-electron chi connectivity index (χ1n) is 4.80. The van der Waals surface area contributed by atoms with Gasteiger partial charge in [0, 0.05) is 16.8 Å². The summed E-state index contributed by atoms with van der Waals surface area (Å²) in [7, 11) is 0. The highest BCUT2D eigenvalue weighted by Gasteiger charge is 2.07. The number of hydrogen-bond acceptors (Lipinski definition) is 4. The molecule has 0 fully saturated rings. The van der Waals surface area contributed by atoms with Crippen LogP contribution in [-0.2, 0) is 0 Å². The van der Waals surface area contributed by atoms with Crippen molar-refractivity contribution in [3.05, 3.63) is 39.8 Å². The molecule has 0 aliphatic heterocycles. The first-order chi connectivity index (χ1) is 7.66. The quantitative estimate of drug-likeness (QED) is 0.822. The Morgan fingerprint density at radius 1 is 1.50 bits per heavy atom. The molecule has 84 valence electrons. The van der Waals surface area contributed by atoms with Crippen LogP contribution in [0.15, 0.2) is 29.9 Å². The summed E-state index contributed by atoms with van der Waals surface area (Å²) >= 11 is 7.42. The van der Waals surface area contributed by atoms with Crippen LogP contribution in [0.4, 0.5) is 5.69 Å². The topological polar surface area (TPSA) is 45.1 Å². The molecule has 2 rings (SSSR count). The van der Waals surface area contributed by atoms with Crippen molar-refractivity contribution in [1.82, 2.24) is 4.98 Å². The van der Waals surface area contributed by atoms with Crippen LogP contribution in [0.25, 0.3) is 0 Å². The number of benzene rings is 1. The van der Waals surface area contributed by atoms with Crippen molar-refractivity contribution in [1.29, 1.82) is 0 Å². The maximum atomic E-state index is 9.29. The predicted octanol–water partition coefficient (Wildman–Crippen LogP) is 3.68. The maximum absolute atomic E-state index is 9.29. The Hall–Kier alpha value is -1.26. The van der Waals surface area contributed by atoms with E-state index >= 15 is 0 Å². The Morgan fingerprint density at radius 2 is 2.31 bits per heavy atom. The molecule has 0 bridgehead atoms. The van der Waals surface area contributed by atoms with Crippen molar-refractivity contribution in [3.8, 4) is 5.75 Å². The molecule has 3 nitrogen and oxygen atoms in total. The zero-order valence-electron chi connectivity index (χ0n) is 8.64. The standard InChI is InChI=1S/C11H11ClN2OS/c1-7(11-5-13-6-16-11)14-8-2-3-10(15)9(12)4-8/h2-7,14-15H,1H3. The van der Waals surface area contributed by atoms with Crippen molar-refractivity contribution in [2.24, 2.45) is 0 Å². The lowest BCUT2D eigenvalue weighted by Crippen LogP contribution is -2.04. The number of hydrogen-bond donors (Lipinski definition) is 2. The molecule has 2 N–H and O–H groups in total. The van der Waals surface area contributed by atoms with Crippen molar-refractivity contribution in [3.63, 3.8) is 0 Å². The zero-order valence-corrected chi connectivity index (χ0v) is 10.2. The molecular weight excluding hydrogens is 244 g/mol. The molecule has 0 radical (unpaired) electrons. The second-order valence-corrected chi connectivity index (χ2v) is 4.76. The Labute approximate surface area is 103 Å². The average molecular weight is 255 g/mol. The van der Waals surface area contributed by atoms with Gasteiger partial charge in [0.05, 0.1) is 16.6 Å². The summed E-state index contributed by atoms with van der Waals surface area (Å²) in [4.78, 5) is 5.19. The highest BCUT2D eigenvalue weighted by atomic mass is 35.5. The number of thiazole rings is 1. The molecule has 1 aromatic heterocycles. The summed E-state index contributed by atoms with van der Waals surface area (Å²) in [5.41, 5.74) is 2.68. The molecule has 0 aliphatic carbocycles. The molecule has 16 heavy (non-hydrogen) atoms. The van der Waals surface area contributed by atoms with Crippen LogP contribution in [0.2, 0.25) is 5.02 Å². The summed E-state index contributed by atoms with van der Waals surface area (Å²) in [6.45, 7) is 2.05. The van der Waals surface area contributed by atoms with E-state index in [0.717, 1.165) is 10.6 Å². The number of aromatic hydroxyl groups is 1. The van der Waals surface area contributed by atoms with Gasteiger partial charge in [0.2, 0.25) is 0 Å². The summed E-state index contributed by atoms with van der Waals surface area (Å²) in [5, 5.41) is 12.9. The number of halogens is 1. The van der Waals surface area contributed by atoms with Crippen molar-refractivity contribution < 1.29 is 5.11 Å². The van der Waals surface area contributed by atoms with Crippen LogP contribution in [0.5, 0.6) is 5.75 Å². The highest BCUT2D eigenvalue weighted by Crippen LogP contribution is 2.28. The average Bonchev–Trinajstić information content (AvgIpc) is 2.77. The van der Waals surface area contributed by atoms with E-state index < -0.39 is 0 Å². The lowest BCUT2D eigenvalue weighted by atomic mass is 10.2. The van der Waals surface area contributed by atoms with Crippen LogP contribution in [0.3, 0.4) is 0 Å². The third-order valence-corrected chi connectivity index (χ3v) is 3.47. The van der Waals surface area contributed by atoms with E-state index in [2.05, 4.69) is 10.3 Å². The first kappa shape index (κ1) is 11.2. The minimum atomic E-state index is 0.0951. The Morgan fingerprint density at radius 3 is 2.94 bits per heavy atom. The van der Waals surface area contributed by atoms with Crippen LogP contribution >= 0.6 is 22.9 Å². The smallest absolute Gasteiger partial charge is 0.134 e. The largest absolute Gasteiger partial charge is 0.506 e. The number of phenols is 1. The van der Waals surface area contributed by atoms with Gasteiger partial charge in [-0.25, -0.2) is 0 Å². The molecule has 2 aromatic rings. The van der Waals surface area contributed by atoms with E-state index in [-0.39, 0.29) is 11.8 Å². The zero-order chi connectivity index (χ0) is 11.5. The second kappa shape index (κ2) is 4.72. The summed E-state index contributed by atoms with van der Waals surface area (Å²) in [6, 6.07) is 5.24. The van der Waals surface area contributed by atoms with Gasteiger partial charge in [-0.3, -0.25) is 4.98 Å². The fourth-order valence-electron chi connectivity index (χ4n) is 1.36. The number of nitrogens with zero attached hydrogens (tertiary/aromatic N) is 1. The van der Waals surface area contributed by atoms with E-state index in [1.165, 1.54) is 0 Å². The van der Waals surface area contributed by atoms with Crippen molar-refractivity contribution in [2.45, 2.75) is 13.0 Å². The predicted molar refractivity (Wildman–Crippen MR) is 67.3 cm³/mol. The van der Waals surface area contributed by atoms with Crippen molar-refractivity contribution in [2.75, 3.05) is 5.32 Å². The number of aromatic nitrogens is 1. The fraction of sp³-hybridized carbons (Fsp3) is 0.182. The summed E-state index contributed by atoms with van der Waals surface area (Å²) in [6.07, 6.45) is 1.84. The third kappa shape index (κ3) is 2.46. The summed E-state index contributed by atoms with van der Waals surface area (Å²) in [5.74, 6) is 0.0951. The lowest BCUT2D eigenvalue weighted by molar-refractivity contribution is 0.475. The van der Waals surface area contributed by atoms with Gasteiger partial charge in [0.25, 0.3) is 0 Å². The molecule has 0 saturated heterocycles. The number of nitrogens with one attached hydrogen (secondary N) is 1. The van der Waals surface area contributed by atoms with E-state index in [4.69, 9.17) is 11.6 Å². The van der Waals surface area contributed by atoms with E-state index in [1.54, 1.807) is 35.0 Å². The Balaban J connectivity index is 2.12. The minimum absolute atomic E-state index is 0.0951. The molecule has 0 amide bonds. The lowest BCUT2D eigenvalue weighted by Gasteiger charge is -2.13. The molecule has 1 aromatic carbocycles. The molecule has 1 heterocycles. The second-order valence-electron chi connectivity index (χ2n) is 3.44. The highest BCUT2D eigenvalue weighted by molar-refractivity contribution is 7.09. The molecule has 0 saturated carbocycles. The van der Waals surface area contributed by atoms with Crippen molar-refractivity contribution >= 4 is 28.6 Å². The molecule has 0 spiro atoms. The molecule has 1 atom stereocenters. The SMILES string of the molecule is CC(Nc1ccc(O)c(Cl)c1)c1cncs1. The maximum Gasteiger partial charge on any atom is 0.134 e. The van der Waals surface area contributed by atoms with Gasteiger partial charge in [-0.1, -0.05) is 11.6 Å². The third-order valence-electron chi connectivity index (χ3n) is 2.21. The van der Waals surface area contributed by atoms with Gasteiger partial charge >= 0.3 is 0 Å². The minimum Gasteiger partial charge on any atom is -0.506 e. The molecular formula is C11H11ClN2OS. The van der Waals surface area contributed by atoms with Crippen LogP contribution < -0.4 is 5.32 Å². The monoisotopic (exact) mass is 254 g/mol. The van der Waals surface area contributed by atoms with Crippen LogP contribution in [0.1, 0.15) is 17.8 Å². The molecule has 0 aliphatic rings. The Kier molecular flexibility index (Phi) is 3.31. The number of rotatable bonds is 3. The molecule has 5 heteroatoms. The fourth-order valence-corrected chi connectivity index (χ4v) is 2.17. The first-order valence-corrected chi connectivity index (χ1v) is 6.06. The van der Waals surface area contributed by atoms with Gasteiger partial charge in [-0.2, -0.15) is 0 Å². The van der Waals surface area contributed by atoms with Crippen LogP contribution in [0, 0.1) is 0 Å². The van der Waals surface area contributed by atoms with E-state index in [0.29, 0.717) is 5.02 Å². The van der Waals surface area contributed by atoms with Crippen LogP contribution in [-0.4, -0.2) is 10.1 Å². The van der Waals surface area contributed by atoms with Gasteiger partial charge in [-0.15, -0.1) is 11.3 Å². The van der Waals surface area contributed by atoms with E-state index in [9.17, 15) is 5.11 Å². The van der Waals surface area contributed by atoms with Gasteiger partial charge < -0.3 is 10.4 Å². The number of anilines is 1. The van der Waals surface area contributed by atoms with Gasteiger partial charge in [0.15, 0.2) is 0 Å². The Bertz CT molecular complexity index is 473. The van der Waals surface area contributed by atoms with E-state index in [1.807, 2.05) is 13.1 Å². The molecule has 1 unspecified atom stereocenters. The number of phenolic OH excluding ortho intramolecular Hbond substituents is 1. The summed E-state index contributed by atoms with van der Waals surface area (Å²) < 4.78 is 0. The van der Waals surface area contributed by atoms with Gasteiger partial charge in [0.1, 0.15) is 5.75 Å². The van der Waals surface area contributed by atoms with Gasteiger partial charge in [-0.05, 0) is 25.1 Å².